The van der Waals surface area contributed by atoms with Crippen molar-refractivity contribution in [3.8, 4) is 0 Å². The molecule has 0 saturated carbocycles. The van der Waals surface area contributed by atoms with Crippen LogP contribution in [-0.2, 0) is 0 Å². The van der Waals surface area contributed by atoms with Crippen LogP contribution in [0.5, 0.6) is 0 Å². The van der Waals surface area contributed by atoms with E-state index < -0.39 is 0 Å². The Balaban J connectivity index is 1.83. The van der Waals surface area contributed by atoms with Gasteiger partial charge in [0, 0.05) is 12.4 Å². The van der Waals surface area contributed by atoms with E-state index in [2.05, 4.69) is 30.6 Å². The molecule has 0 radical (unpaired) electrons. The first kappa shape index (κ1) is 14.7. The fourth-order valence-corrected chi connectivity index (χ4v) is 1.92. The highest BCUT2D eigenvalue weighted by molar-refractivity contribution is 5.79. The van der Waals surface area contributed by atoms with Crippen molar-refractivity contribution in [2.24, 2.45) is 0 Å². The minimum Gasteiger partial charge on any atom is -0.393 e. The van der Waals surface area contributed by atoms with E-state index in [9.17, 15) is 0 Å². The average molecular weight is 307 g/mol. The molecule has 0 atom stereocenters. The summed E-state index contributed by atoms with van der Waals surface area (Å²) in [5, 5.41) is 6.17. The summed E-state index contributed by atoms with van der Waals surface area (Å²) in [6.45, 7) is 3.96. The molecule has 0 saturated heterocycles. The fraction of sp³-hybridized carbons (Fsp3) is 0.125. The molecule has 23 heavy (non-hydrogen) atoms. The van der Waals surface area contributed by atoms with Crippen molar-refractivity contribution in [1.82, 2.24) is 19.9 Å². The summed E-state index contributed by atoms with van der Waals surface area (Å²) in [5.74, 6) is 2.32. The number of pyridine rings is 2. The van der Waals surface area contributed by atoms with E-state index in [0.717, 1.165) is 11.1 Å². The minimum absolute atomic E-state index is 0.400. The topological polar surface area (TPSA) is 102 Å². The lowest BCUT2D eigenvalue weighted by Gasteiger charge is -2.11. The Morgan fingerprint density at radius 2 is 1.22 bits per heavy atom. The second kappa shape index (κ2) is 6.27. The second-order valence-electron chi connectivity index (χ2n) is 5.18. The summed E-state index contributed by atoms with van der Waals surface area (Å²) in [4.78, 5) is 16.9. The average Bonchev–Trinajstić information content (AvgIpc) is 2.55. The van der Waals surface area contributed by atoms with Crippen LogP contribution in [-0.4, -0.2) is 19.9 Å². The standard InChI is InChI=1S/C16H17N7/c1-10-3-5-12(18-7-10)22-15-14(17)16(21-9-20-15)23-13-6-4-11(2)8-19-13/h3-9H,17H2,1-2H3,(H2,18,19,20,21,22,23). The van der Waals surface area contributed by atoms with Gasteiger partial charge in [-0.05, 0) is 37.1 Å². The van der Waals surface area contributed by atoms with Gasteiger partial charge in [-0.3, -0.25) is 0 Å². The molecular formula is C16H17N7. The third-order valence-corrected chi connectivity index (χ3v) is 3.20. The molecule has 0 unspecified atom stereocenters. The van der Waals surface area contributed by atoms with E-state index in [-0.39, 0.29) is 0 Å². The van der Waals surface area contributed by atoms with Crippen LogP contribution >= 0.6 is 0 Å². The highest BCUT2D eigenvalue weighted by atomic mass is 15.1. The number of rotatable bonds is 4. The second-order valence-corrected chi connectivity index (χ2v) is 5.18. The zero-order chi connectivity index (χ0) is 16.2. The molecule has 3 aromatic rings. The van der Waals surface area contributed by atoms with Crippen molar-refractivity contribution in [2.45, 2.75) is 13.8 Å². The number of nitrogens with two attached hydrogens (primary N) is 1. The third kappa shape index (κ3) is 3.52. The number of nitrogen functional groups attached to an aromatic ring is 1. The molecule has 3 heterocycles. The van der Waals surface area contributed by atoms with E-state index >= 15 is 0 Å². The Morgan fingerprint density at radius 1 is 0.739 bits per heavy atom. The zero-order valence-corrected chi connectivity index (χ0v) is 12.9. The van der Waals surface area contributed by atoms with Gasteiger partial charge in [-0.2, -0.15) is 0 Å². The lowest BCUT2D eigenvalue weighted by atomic mass is 10.3. The molecule has 0 fully saturated rings. The molecule has 0 bridgehead atoms. The van der Waals surface area contributed by atoms with E-state index in [1.165, 1.54) is 6.33 Å². The van der Waals surface area contributed by atoms with Crippen molar-refractivity contribution in [3.63, 3.8) is 0 Å². The third-order valence-electron chi connectivity index (χ3n) is 3.20. The smallest absolute Gasteiger partial charge is 0.160 e. The van der Waals surface area contributed by atoms with Crippen LogP contribution < -0.4 is 16.4 Å². The van der Waals surface area contributed by atoms with Crippen LogP contribution in [0.3, 0.4) is 0 Å². The maximum Gasteiger partial charge on any atom is 0.160 e. The summed E-state index contributed by atoms with van der Waals surface area (Å²) < 4.78 is 0. The molecule has 0 spiro atoms. The lowest BCUT2D eigenvalue weighted by molar-refractivity contribution is 1.15. The first-order valence-corrected chi connectivity index (χ1v) is 7.11. The number of nitrogens with zero attached hydrogens (tertiary/aromatic N) is 4. The molecule has 0 aromatic carbocycles. The van der Waals surface area contributed by atoms with Gasteiger partial charge in [0.25, 0.3) is 0 Å². The van der Waals surface area contributed by atoms with Gasteiger partial charge in [0.15, 0.2) is 11.6 Å². The minimum atomic E-state index is 0.400. The summed E-state index contributed by atoms with van der Waals surface area (Å²) >= 11 is 0. The van der Waals surface area contributed by atoms with Crippen LogP contribution in [0.1, 0.15) is 11.1 Å². The predicted molar refractivity (Wildman–Crippen MR) is 91.0 cm³/mol. The van der Waals surface area contributed by atoms with Crippen LogP contribution in [0.25, 0.3) is 0 Å². The van der Waals surface area contributed by atoms with Gasteiger partial charge in [-0.25, -0.2) is 19.9 Å². The van der Waals surface area contributed by atoms with Crippen LogP contribution in [0.4, 0.5) is 29.0 Å². The van der Waals surface area contributed by atoms with Crippen molar-refractivity contribution < 1.29 is 0 Å². The molecule has 7 nitrogen and oxygen atoms in total. The Hall–Kier alpha value is -3.22. The molecule has 0 amide bonds. The molecular weight excluding hydrogens is 290 g/mol. The lowest BCUT2D eigenvalue weighted by Crippen LogP contribution is -2.06. The number of hydrogen-bond acceptors (Lipinski definition) is 7. The van der Waals surface area contributed by atoms with Crippen LogP contribution in [0.15, 0.2) is 43.0 Å². The van der Waals surface area contributed by atoms with Gasteiger partial charge in [0.1, 0.15) is 23.7 Å². The van der Waals surface area contributed by atoms with Crippen molar-refractivity contribution in [3.05, 3.63) is 54.1 Å². The summed E-state index contributed by atoms with van der Waals surface area (Å²) in [5.41, 5.74) is 8.70. The molecule has 0 aliphatic rings. The van der Waals surface area contributed by atoms with Crippen LogP contribution in [0.2, 0.25) is 0 Å². The summed E-state index contributed by atoms with van der Waals surface area (Å²) in [7, 11) is 0. The highest BCUT2D eigenvalue weighted by Crippen LogP contribution is 2.26. The predicted octanol–water partition coefficient (Wildman–Crippen LogP) is 2.95. The number of anilines is 5. The van der Waals surface area contributed by atoms with Gasteiger partial charge in [0.2, 0.25) is 0 Å². The first-order valence-electron chi connectivity index (χ1n) is 7.11. The molecule has 7 heteroatoms. The van der Waals surface area contributed by atoms with Crippen molar-refractivity contribution >= 4 is 29.0 Å². The van der Waals surface area contributed by atoms with Gasteiger partial charge < -0.3 is 16.4 Å². The Labute approximate surface area is 134 Å². The van der Waals surface area contributed by atoms with Gasteiger partial charge in [-0.1, -0.05) is 12.1 Å². The summed E-state index contributed by atoms with van der Waals surface area (Å²) in [6, 6.07) is 7.65. The maximum absolute atomic E-state index is 6.13. The number of aryl methyl sites for hydroxylation is 2. The van der Waals surface area contributed by atoms with Gasteiger partial charge >= 0.3 is 0 Å². The van der Waals surface area contributed by atoms with E-state index in [0.29, 0.717) is 29.0 Å². The van der Waals surface area contributed by atoms with E-state index in [1.807, 2.05) is 38.1 Å². The molecule has 3 rings (SSSR count). The largest absolute Gasteiger partial charge is 0.393 e. The van der Waals surface area contributed by atoms with Crippen molar-refractivity contribution in [2.75, 3.05) is 16.4 Å². The first-order chi connectivity index (χ1) is 11.1. The monoisotopic (exact) mass is 307 g/mol. The number of hydrogen-bond donors (Lipinski definition) is 3. The van der Waals surface area contributed by atoms with E-state index in [1.54, 1.807) is 12.4 Å². The van der Waals surface area contributed by atoms with Gasteiger partial charge in [0.05, 0.1) is 0 Å². The normalized spacial score (nSPS) is 10.3. The molecule has 3 aromatic heterocycles. The SMILES string of the molecule is Cc1ccc(Nc2ncnc(Nc3ccc(C)cn3)c2N)nc1. The molecule has 116 valence electrons. The molecule has 0 aliphatic carbocycles. The Bertz CT molecular complexity index is 732. The quantitative estimate of drug-likeness (QED) is 0.681. The summed E-state index contributed by atoms with van der Waals surface area (Å²) in [6.07, 6.45) is 4.98. The van der Waals surface area contributed by atoms with Gasteiger partial charge in [-0.15, -0.1) is 0 Å². The zero-order valence-electron chi connectivity index (χ0n) is 12.9. The van der Waals surface area contributed by atoms with E-state index in [4.69, 9.17) is 5.73 Å². The Morgan fingerprint density at radius 3 is 1.61 bits per heavy atom. The maximum atomic E-state index is 6.13. The number of nitrogens with one attached hydrogen (secondary N) is 2. The molecule has 4 N–H and O–H groups in total. The molecule has 0 aliphatic heterocycles. The van der Waals surface area contributed by atoms with Crippen molar-refractivity contribution in [1.29, 1.82) is 0 Å². The number of aromatic nitrogens is 4. The Kier molecular flexibility index (Phi) is 4.01. The highest BCUT2D eigenvalue weighted by Gasteiger charge is 2.09. The fourth-order valence-electron chi connectivity index (χ4n) is 1.92. The van der Waals surface area contributed by atoms with Crippen LogP contribution in [0, 0.1) is 13.8 Å².